The van der Waals surface area contributed by atoms with Gasteiger partial charge in [-0.15, -0.1) is 0 Å². The van der Waals surface area contributed by atoms with Gasteiger partial charge in [-0.25, -0.2) is 4.39 Å². The van der Waals surface area contributed by atoms with Crippen molar-refractivity contribution in [2.75, 3.05) is 33.3 Å². The van der Waals surface area contributed by atoms with Gasteiger partial charge in [-0.1, -0.05) is 17.3 Å². The fourth-order valence-electron chi connectivity index (χ4n) is 2.79. The Balaban J connectivity index is 1.55. The Bertz CT molecular complexity index is 719. The quantitative estimate of drug-likeness (QED) is 0.816. The van der Waals surface area contributed by atoms with Crippen LogP contribution < -0.4 is 0 Å². The zero-order chi connectivity index (χ0) is 17.8. The molecule has 0 spiro atoms. The molecule has 25 heavy (non-hydrogen) atoms. The first-order valence-corrected chi connectivity index (χ1v) is 8.14. The number of morpholine rings is 1. The Morgan fingerprint density at radius 1 is 1.40 bits per heavy atom. The van der Waals surface area contributed by atoms with E-state index in [1.165, 1.54) is 12.1 Å². The molecule has 1 amide bonds. The van der Waals surface area contributed by atoms with Gasteiger partial charge >= 0.3 is 0 Å². The Morgan fingerprint density at radius 3 is 2.84 bits per heavy atom. The average molecular weight is 348 g/mol. The molecule has 2 aromatic rings. The first kappa shape index (κ1) is 17.5. The fourth-order valence-corrected chi connectivity index (χ4v) is 2.79. The summed E-state index contributed by atoms with van der Waals surface area (Å²) in [6.45, 7) is 3.89. The molecule has 0 N–H and O–H groups in total. The summed E-state index contributed by atoms with van der Waals surface area (Å²) in [5.74, 6) is 0.785. The van der Waals surface area contributed by atoms with E-state index in [4.69, 9.17) is 9.26 Å². The van der Waals surface area contributed by atoms with Gasteiger partial charge in [0.25, 0.3) is 0 Å². The van der Waals surface area contributed by atoms with Crippen LogP contribution in [0.1, 0.15) is 23.4 Å². The number of likely N-dealkylation sites (N-methyl/N-ethyl adjacent to an activating group) is 1. The van der Waals surface area contributed by atoms with Crippen molar-refractivity contribution in [2.24, 2.45) is 0 Å². The highest BCUT2D eigenvalue weighted by Gasteiger charge is 2.26. The summed E-state index contributed by atoms with van der Waals surface area (Å²) in [6.07, 6.45) is -0.233. The van der Waals surface area contributed by atoms with Gasteiger partial charge in [-0.05, 0) is 24.7 Å². The molecule has 1 saturated heterocycles. The lowest BCUT2D eigenvalue weighted by Crippen LogP contribution is -2.46. The minimum absolute atomic E-state index is 0.0122. The van der Waals surface area contributed by atoms with Gasteiger partial charge in [0.05, 0.1) is 26.2 Å². The number of carbonyl (C=O) groups is 1. The maximum atomic E-state index is 13.1. The second kappa shape index (κ2) is 7.71. The molecule has 0 radical (unpaired) electrons. The number of aryl methyl sites for hydroxylation is 1. The van der Waals surface area contributed by atoms with Gasteiger partial charge in [-0.3, -0.25) is 9.69 Å². The molecule has 134 valence electrons. The van der Waals surface area contributed by atoms with Crippen LogP contribution in [0.4, 0.5) is 4.39 Å². The van der Waals surface area contributed by atoms with Crippen LogP contribution in [0, 0.1) is 12.7 Å². The maximum Gasteiger partial charge on any atom is 0.236 e. The van der Waals surface area contributed by atoms with Crippen molar-refractivity contribution in [1.29, 1.82) is 0 Å². The topological polar surface area (TPSA) is 71.7 Å². The minimum atomic E-state index is -0.286. The highest BCUT2D eigenvalue weighted by atomic mass is 19.1. The van der Waals surface area contributed by atoms with Crippen LogP contribution in [0.3, 0.4) is 0 Å². The highest BCUT2D eigenvalue weighted by Crippen LogP contribution is 2.22. The van der Waals surface area contributed by atoms with Crippen molar-refractivity contribution in [3.63, 3.8) is 0 Å². The monoisotopic (exact) mass is 348 g/mol. The van der Waals surface area contributed by atoms with E-state index < -0.39 is 0 Å². The number of hydrogen-bond donors (Lipinski definition) is 0. The van der Waals surface area contributed by atoms with Crippen LogP contribution in [0.2, 0.25) is 0 Å². The fraction of sp³-hybridized carbons (Fsp3) is 0.471. The van der Waals surface area contributed by atoms with Gasteiger partial charge < -0.3 is 14.2 Å². The summed E-state index contributed by atoms with van der Waals surface area (Å²) in [5, 5.41) is 3.83. The second-order valence-corrected chi connectivity index (χ2v) is 6.15. The largest absolute Gasteiger partial charge is 0.370 e. The summed E-state index contributed by atoms with van der Waals surface area (Å²) in [5.41, 5.74) is 0.870. The van der Waals surface area contributed by atoms with Crippen molar-refractivity contribution < 1.29 is 18.4 Å². The van der Waals surface area contributed by atoms with Crippen LogP contribution >= 0.6 is 0 Å². The molecule has 1 aromatic heterocycles. The van der Waals surface area contributed by atoms with E-state index in [1.807, 2.05) is 11.9 Å². The van der Waals surface area contributed by atoms with Gasteiger partial charge in [0.1, 0.15) is 11.9 Å². The van der Waals surface area contributed by atoms with Crippen molar-refractivity contribution in [1.82, 2.24) is 19.9 Å². The van der Waals surface area contributed by atoms with Crippen LogP contribution in [0.25, 0.3) is 0 Å². The van der Waals surface area contributed by atoms with E-state index in [9.17, 15) is 9.18 Å². The first-order chi connectivity index (χ1) is 12.0. The van der Waals surface area contributed by atoms with E-state index >= 15 is 0 Å². The third-order valence-electron chi connectivity index (χ3n) is 4.05. The molecule has 7 nitrogen and oxygen atoms in total. The Morgan fingerprint density at radius 2 is 2.16 bits per heavy atom. The number of benzene rings is 1. The summed E-state index contributed by atoms with van der Waals surface area (Å²) in [4.78, 5) is 20.3. The SMILES string of the molecule is Cc1nc(CN(C)CC(=O)N2CCO[C@@H](c3ccc(F)cc3)C2)no1. The molecule has 1 aromatic carbocycles. The van der Waals surface area contributed by atoms with Crippen LogP contribution in [-0.4, -0.2) is 59.1 Å². The van der Waals surface area contributed by atoms with Crippen molar-refractivity contribution >= 4 is 5.91 Å². The molecule has 3 rings (SSSR count). The number of amides is 1. The Kier molecular flexibility index (Phi) is 5.40. The molecule has 0 aliphatic carbocycles. The van der Waals surface area contributed by atoms with E-state index in [2.05, 4.69) is 10.1 Å². The van der Waals surface area contributed by atoms with Gasteiger partial charge in [0.15, 0.2) is 5.82 Å². The van der Waals surface area contributed by atoms with Crippen molar-refractivity contribution in [3.05, 3.63) is 47.4 Å². The Hall–Kier alpha value is -2.32. The lowest BCUT2D eigenvalue weighted by molar-refractivity contribution is -0.140. The maximum absolute atomic E-state index is 13.1. The van der Waals surface area contributed by atoms with Gasteiger partial charge in [0.2, 0.25) is 11.8 Å². The van der Waals surface area contributed by atoms with Crippen molar-refractivity contribution in [2.45, 2.75) is 19.6 Å². The lowest BCUT2D eigenvalue weighted by atomic mass is 10.1. The summed E-state index contributed by atoms with van der Waals surface area (Å²) in [7, 11) is 1.83. The normalized spacial score (nSPS) is 17.9. The van der Waals surface area contributed by atoms with E-state index in [1.54, 1.807) is 24.0 Å². The highest BCUT2D eigenvalue weighted by molar-refractivity contribution is 5.78. The molecule has 0 bridgehead atoms. The second-order valence-electron chi connectivity index (χ2n) is 6.15. The third-order valence-corrected chi connectivity index (χ3v) is 4.05. The van der Waals surface area contributed by atoms with Gasteiger partial charge in [0, 0.05) is 13.5 Å². The number of rotatable bonds is 5. The molecule has 1 aliphatic rings. The molecular weight excluding hydrogens is 327 g/mol. The molecule has 1 fully saturated rings. The standard InChI is InChI=1S/C17H21FN4O3/c1-12-19-16(20-25-12)10-21(2)11-17(23)22-7-8-24-15(9-22)13-3-5-14(18)6-4-13/h3-6,15H,7-11H2,1-2H3/t15-/m1/s1. The molecule has 0 saturated carbocycles. The number of aromatic nitrogens is 2. The molecule has 1 aliphatic heterocycles. The number of hydrogen-bond acceptors (Lipinski definition) is 6. The van der Waals surface area contributed by atoms with Crippen LogP contribution in [-0.2, 0) is 16.1 Å². The minimum Gasteiger partial charge on any atom is -0.370 e. The first-order valence-electron chi connectivity index (χ1n) is 8.14. The van der Waals surface area contributed by atoms with E-state index in [0.29, 0.717) is 38.0 Å². The number of ether oxygens (including phenoxy) is 1. The van der Waals surface area contributed by atoms with E-state index in [0.717, 1.165) is 5.56 Å². The number of carbonyl (C=O) groups excluding carboxylic acids is 1. The molecule has 8 heteroatoms. The molecule has 1 atom stereocenters. The molecule has 2 heterocycles. The number of halogens is 1. The van der Waals surface area contributed by atoms with Crippen LogP contribution in [0.15, 0.2) is 28.8 Å². The summed E-state index contributed by atoms with van der Waals surface area (Å²) < 4.78 is 23.7. The van der Waals surface area contributed by atoms with Crippen molar-refractivity contribution in [3.8, 4) is 0 Å². The lowest BCUT2D eigenvalue weighted by Gasteiger charge is -2.34. The summed E-state index contributed by atoms with van der Waals surface area (Å²) in [6, 6.07) is 6.19. The molecule has 0 unspecified atom stereocenters. The zero-order valence-electron chi connectivity index (χ0n) is 14.3. The van der Waals surface area contributed by atoms with E-state index in [-0.39, 0.29) is 24.4 Å². The summed E-state index contributed by atoms with van der Waals surface area (Å²) >= 11 is 0. The zero-order valence-corrected chi connectivity index (χ0v) is 14.3. The smallest absolute Gasteiger partial charge is 0.236 e. The molecular formula is C17H21FN4O3. The predicted molar refractivity (Wildman–Crippen MR) is 87.0 cm³/mol. The third kappa shape index (κ3) is 4.61. The predicted octanol–water partition coefficient (Wildman–Crippen LogP) is 1.55. The van der Waals surface area contributed by atoms with Crippen LogP contribution in [0.5, 0.6) is 0 Å². The van der Waals surface area contributed by atoms with Gasteiger partial charge in [-0.2, -0.15) is 4.98 Å². The number of nitrogens with zero attached hydrogens (tertiary/aromatic N) is 4. The average Bonchev–Trinajstić information content (AvgIpc) is 3.00. The Labute approximate surface area is 145 Å².